The van der Waals surface area contributed by atoms with E-state index in [-0.39, 0.29) is 11.8 Å². The van der Waals surface area contributed by atoms with E-state index in [0.29, 0.717) is 0 Å². The van der Waals surface area contributed by atoms with E-state index >= 15 is 0 Å². The lowest BCUT2D eigenvalue weighted by Gasteiger charge is -2.16. The summed E-state index contributed by atoms with van der Waals surface area (Å²) in [6.45, 7) is 1.88. The van der Waals surface area contributed by atoms with Gasteiger partial charge in [0, 0.05) is 14.1 Å². The van der Waals surface area contributed by atoms with Crippen LogP contribution in [0, 0.1) is 0 Å². The molecule has 1 aromatic rings. The van der Waals surface area contributed by atoms with E-state index in [9.17, 15) is 4.79 Å². The third-order valence-corrected chi connectivity index (χ3v) is 2.34. The van der Waals surface area contributed by atoms with Crippen molar-refractivity contribution in [2.75, 3.05) is 21.2 Å². The van der Waals surface area contributed by atoms with Gasteiger partial charge in [-0.25, -0.2) is 5.01 Å². The number of benzene rings is 1. The van der Waals surface area contributed by atoms with Crippen LogP contribution in [0.25, 0.3) is 0 Å². The van der Waals surface area contributed by atoms with Crippen molar-refractivity contribution in [2.24, 2.45) is 0 Å². The molecule has 0 aliphatic heterocycles. The summed E-state index contributed by atoms with van der Waals surface area (Å²) in [4.78, 5) is 11.7. The van der Waals surface area contributed by atoms with Gasteiger partial charge >= 0.3 is 0 Å². The fourth-order valence-corrected chi connectivity index (χ4v) is 1.36. The first kappa shape index (κ1) is 12.5. The van der Waals surface area contributed by atoms with Crippen LogP contribution in [0.1, 0.15) is 18.4 Å². The molecular formula is C12H18N2O2. The van der Waals surface area contributed by atoms with E-state index in [1.54, 1.807) is 26.2 Å². The molecule has 0 saturated carbocycles. The zero-order valence-electron chi connectivity index (χ0n) is 10.2. The number of methoxy groups -OCH3 is 1. The van der Waals surface area contributed by atoms with Gasteiger partial charge in [0.15, 0.2) is 0 Å². The number of hydrazine groups is 1. The molecule has 0 aliphatic carbocycles. The molecule has 16 heavy (non-hydrogen) atoms. The van der Waals surface area contributed by atoms with E-state index in [2.05, 4.69) is 5.43 Å². The molecule has 1 unspecified atom stereocenters. The van der Waals surface area contributed by atoms with Crippen LogP contribution in [0.5, 0.6) is 5.75 Å². The van der Waals surface area contributed by atoms with Crippen molar-refractivity contribution < 1.29 is 9.53 Å². The highest BCUT2D eigenvalue weighted by Gasteiger charge is 2.15. The summed E-state index contributed by atoms with van der Waals surface area (Å²) in [7, 11) is 5.20. The van der Waals surface area contributed by atoms with Gasteiger partial charge in [0.05, 0.1) is 13.0 Å². The van der Waals surface area contributed by atoms with Crippen molar-refractivity contribution in [1.29, 1.82) is 0 Å². The molecule has 88 valence electrons. The average molecular weight is 222 g/mol. The van der Waals surface area contributed by atoms with Gasteiger partial charge < -0.3 is 4.74 Å². The summed E-state index contributed by atoms with van der Waals surface area (Å²) in [5.41, 5.74) is 3.71. The lowest BCUT2D eigenvalue weighted by Crippen LogP contribution is -2.38. The zero-order chi connectivity index (χ0) is 12.1. The second-order valence-corrected chi connectivity index (χ2v) is 3.87. The number of amides is 1. The summed E-state index contributed by atoms with van der Waals surface area (Å²) in [6, 6.07) is 7.51. The fourth-order valence-electron chi connectivity index (χ4n) is 1.36. The molecule has 0 heterocycles. The number of hydrogen-bond donors (Lipinski definition) is 1. The van der Waals surface area contributed by atoms with E-state index in [1.165, 1.54) is 0 Å². The second kappa shape index (κ2) is 5.51. The number of nitrogens with one attached hydrogen (secondary N) is 1. The third kappa shape index (κ3) is 3.24. The van der Waals surface area contributed by atoms with Crippen molar-refractivity contribution in [3.63, 3.8) is 0 Å². The Balaban J connectivity index is 2.72. The first-order chi connectivity index (χ1) is 7.54. The molecule has 0 fully saturated rings. The molecule has 0 bridgehead atoms. The molecular weight excluding hydrogens is 204 g/mol. The molecule has 0 aromatic heterocycles. The Morgan fingerprint density at radius 2 is 1.88 bits per heavy atom. The quantitative estimate of drug-likeness (QED) is 0.783. The molecule has 4 nitrogen and oxygen atoms in total. The summed E-state index contributed by atoms with van der Waals surface area (Å²) in [5, 5.41) is 1.64. The van der Waals surface area contributed by atoms with Crippen molar-refractivity contribution in [3.8, 4) is 5.75 Å². The Kier molecular flexibility index (Phi) is 4.31. The van der Waals surface area contributed by atoms with Crippen molar-refractivity contribution in [1.82, 2.24) is 10.4 Å². The topological polar surface area (TPSA) is 41.6 Å². The van der Waals surface area contributed by atoms with E-state index < -0.39 is 0 Å². The largest absolute Gasteiger partial charge is 0.497 e. The standard InChI is InChI=1S/C12H18N2O2/c1-9(12(15)13-14(2)3)10-5-7-11(16-4)8-6-10/h5-9H,1-4H3,(H,13,15). The van der Waals surface area contributed by atoms with Gasteiger partial charge in [-0.2, -0.15) is 0 Å². The number of hydrogen-bond acceptors (Lipinski definition) is 3. The highest BCUT2D eigenvalue weighted by atomic mass is 16.5. The maximum absolute atomic E-state index is 11.7. The lowest BCUT2D eigenvalue weighted by atomic mass is 10.0. The smallest absolute Gasteiger partial charge is 0.241 e. The summed E-state index contributed by atoms with van der Waals surface area (Å²) < 4.78 is 5.07. The van der Waals surface area contributed by atoms with Gasteiger partial charge in [0.1, 0.15) is 5.75 Å². The fraction of sp³-hybridized carbons (Fsp3) is 0.417. The van der Waals surface area contributed by atoms with Crippen LogP contribution in [-0.2, 0) is 4.79 Å². The van der Waals surface area contributed by atoms with Crippen LogP contribution in [0.3, 0.4) is 0 Å². The minimum absolute atomic E-state index is 0.0184. The molecule has 1 amide bonds. The second-order valence-electron chi connectivity index (χ2n) is 3.87. The van der Waals surface area contributed by atoms with Crippen LogP contribution in [0.2, 0.25) is 0 Å². The molecule has 0 radical (unpaired) electrons. The van der Waals surface area contributed by atoms with Crippen LogP contribution in [-0.4, -0.2) is 32.1 Å². The van der Waals surface area contributed by atoms with Crippen LogP contribution < -0.4 is 10.2 Å². The Morgan fingerprint density at radius 1 is 1.31 bits per heavy atom. The van der Waals surface area contributed by atoms with Gasteiger partial charge in [-0.1, -0.05) is 12.1 Å². The summed E-state index contributed by atoms with van der Waals surface area (Å²) in [6.07, 6.45) is 0. The number of ether oxygens (including phenoxy) is 1. The van der Waals surface area contributed by atoms with Gasteiger partial charge in [0.25, 0.3) is 0 Å². The van der Waals surface area contributed by atoms with Gasteiger partial charge in [-0.05, 0) is 24.6 Å². The van der Waals surface area contributed by atoms with Crippen molar-refractivity contribution in [2.45, 2.75) is 12.8 Å². The maximum Gasteiger partial charge on any atom is 0.241 e. The molecule has 0 saturated heterocycles. The number of rotatable bonds is 4. The van der Waals surface area contributed by atoms with Crippen LogP contribution in [0.4, 0.5) is 0 Å². The zero-order valence-corrected chi connectivity index (χ0v) is 10.2. The minimum Gasteiger partial charge on any atom is -0.497 e. The van der Waals surface area contributed by atoms with Crippen LogP contribution >= 0.6 is 0 Å². The first-order valence-corrected chi connectivity index (χ1v) is 5.16. The molecule has 1 atom stereocenters. The van der Waals surface area contributed by atoms with Gasteiger partial charge in [-0.3, -0.25) is 10.2 Å². The molecule has 1 rings (SSSR count). The number of carbonyl (C=O) groups is 1. The maximum atomic E-state index is 11.7. The Morgan fingerprint density at radius 3 is 2.31 bits per heavy atom. The van der Waals surface area contributed by atoms with E-state index in [1.807, 2.05) is 31.2 Å². The predicted molar refractivity (Wildman–Crippen MR) is 63.2 cm³/mol. The number of nitrogens with zero attached hydrogens (tertiary/aromatic N) is 1. The van der Waals surface area contributed by atoms with E-state index in [0.717, 1.165) is 11.3 Å². The molecule has 4 heteroatoms. The summed E-state index contributed by atoms with van der Waals surface area (Å²) in [5.74, 6) is 0.604. The predicted octanol–water partition coefficient (Wildman–Crippen LogP) is 1.39. The van der Waals surface area contributed by atoms with Gasteiger partial charge in [0.2, 0.25) is 5.91 Å². The highest BCUT2D eigenvalue weighted by Crippen LogP contribution is 2.19. The lowest BCUT2D eigenvalue weighted by molar-refractivity contribution is -0.125. The highest BCUT2D eigenvalue weighted by molar-refractivity contribution is 5.82. The minimum atomic E-state index is -0.173. The molecule has 1 N–H and O–H groups in total. The number of carbonyl (C=O) groups excluding carboxylic acids is 1. The SMILES string of the molecule is COc1ccc(C(C)C(=O)NN(C)C)cc1. The monoisotopic (exact) mass is 222 g/mol. The van der Waals surface area contributed by atoms with E-state index in [4.69, 9.17) is 4.74 Å². The third-order valence-electron chi connectivity index (χ3n) is 2.34. The Hall–Kier alpha value is -1.55. The molecule has 1 aromatic carbocycles. The van der Waals surface area contributed by atoms with Crippen LogP contribution in [0.15, 0.2) is 24.3 Å². The van der Waals surface area contributed by atoms with Gasteiger partial charge in [-0.15, -0.1) is 0 Å². The first-order valence-electron chi connectivity index (χ1n) is 5.16. The molecule has 0 aliphatic rings. The normalized spacial score (nSPS) is 12.3. The Labute approximate surface area is 96.2 Å². The Bertz CT molecular complexity index is 347. The molecule has 0 spiro atoms. The van der Waals surface area contributed by atoms with Crippen molar-refractivity contribution >= 4 is 5.91 Å². The average Bonchev–Trinajstić information content (AvgIpc) is 2.27. The van der Waals surface area contributed by atoms with Crippen molar-refractivity contribution in [3.05, 3.63) is 29.8 Å². The summed E-state index contributed by atoms with van der Waals surface area (Å²) >= 11 is 0.